The topological polar surface area (TPSA) is 37.4 Å². The minimum absolute atomic E-state index is 0.114. The van der Waals surface area contributed by atoms with Crippen molar-refractivity contribution in [2.75, 3.05) is 12.3 Å². The summed E-state index contributed by atoms with van der Waals surface area (Å²) in [5, 5.41) is 0. The Kier molecular flexibility index (Phi) is 3.04. The van der Waals surface area contributed by atoms with E-state index in [4.69, 9.17) is 0 Å². The van der Waals surface area contributed by atoms with Gasteiger partial charge in [0.05, 0.1) is 5.75 Å². The molecule has 4 heteroatoms. The van der Waals surface area contributed by atoms with Crippen LogP contribution in [0.3, 0.4) is 0 Å². The van der Waals surface area contributed by atoms with Crippen LogP contribution in [0.1, 0.15) is 31.9 Å². The van der Waals surface area contributed by atoms with Crippen LogP contribution in [-0.4, -0.2) is 25.0 Å². The minimum Gasteiger partial charge on any atom is -0.212 e. The van der Waals surface area contributed by atoms with E-state index in [2.05, 4.69) is 19.9 Å². The van der Waals surface area contributed by atoms with Crippen LogP contribution in [0, 0.1) is 0 Å². The van der Waals surface area contributed by atoms with Gasteiger partial charge in [0.25, 0.3) is 0 Å². The maximum absolute atomic E-state index is 12.0. The highest BCUT2D eigenvalue weighted by Crippen LogP contribution is 2.34. The number of hydrogen-bond donors (Lipinski definition) is 0. The van der Waals surface area contributed by atoms with Gasteiger partial charge in [0, 0.05) is 18.5 Å². The molecule has 0 fully saturated rings. The SMILES string of the molecule is CCS(=O)(=O)N1Cc2ccccc2C(C)(C)C1. The summed E-state index contributed by atoms with van der Waals surface area (Å²) in [6.45, 7) is 6.98. The second-order valence-electron chi connectivity index (χ2n) is 5.21. The van der Waals surface area contributed by atoms with Crippen molar-refractivity contribution in [3.05, 3.63) is 35.4 Å². The molecular weight excluding hydrogens is 234 g/mol. The van der Waals surface area contributed by atoms with Crippen molar-refractivity contribution in [1.29, 1.82) is 0 Å². The average molecular weight is 253 g/mol. The molecule has 0 saturated carbocycles. The lowest BCUT2D eigenvalue weighted by Crippen LogP contribution is -2.45. The molecule has 2 rings (SSSR count). The molecule has 0 aliphatic carbocycles. The molecule has 3 nitrogen and oxygen atoms in total. The zero-order chi connectivity index (χ0) is 12.7. The molecule has 1 heterocycles. The Hall–Kier alpha value is -0.870. The van der Waals surface area contributed by atoms with Gasteiger partial charge in [-0.3, -0.25) is 0 Å². The van der Waals surface area contributed by atoms with Crippen molar-refractivity contribution in [2.24, 2.45) is 0 Å². The zero-order valence-electron chi connectivity index (χ0n) is 10.6. The summed E-state index contributed by atoms with van der Waals surface area (Å²) in [4.78, 5) is 0. The Morgan fingerprint density at radius 3 is 2.59 bits per heavy atom. The monoisotopic (exact) mass is 253 g/mol. The predicted molar refractivity (Wildman–Crippen MR) is 69.3 cm³/mol. The first-order valence-corrected chi connectivity index (χ1v) is 7.54. The van der Waals surface area contributed by atoms with E-state index in [0.717, 1.165) is 5.56 Å². The fraction of sp³-hybridized carbons (Fsp3) is 0.538. The third-order valence-electron chi connectivity index (χ3n) is 3.42. The van der Waals surface area contributed by atoms with Gasteiger partial charge in [-0.2, -0.15) is 4.31 Å². The molecule has 1 aliphatic heterocycles. The summed E-state index contributed by atoms with van der Waals surface area (Å²) >= 11 is 0. The highest BCUT2D eigenvalue weighted by atomic mass is 32.2. The van der Waals surface area contributed by atoms with Gasteiger partial charge in [-0.05, 0) is 18.1 Å². The van der Waals surface area contributed by atoms with Crippen LogP contribution in [0.5, 0.6) is 0 Å². The summed E-state index contributed by atoms with van der Waals surface area (Å²) in [6.07, 6.45) is 0. The van der Waals surface area contributed by atoms with Crippen LogP contribution in [-0.2, 0) is 22.0 Å². The molecule has 0 radical (unpaired) electrons. The fourth-order valence-electron chi connectivity index (χ4n) is 2.47. The highest BCUT2D eigenvalue weighted by molar-refractivity contribution is 7.89. The van der Waals surface area contributed by atoms with Crippen LogP contribution in [0.25, 0.3) is 0 Å². The van der Waals surface area contributed by atoms with Crippen LogP contribution < -0.4 is 0 Å². The predicted octanol–water partition coefficient (Wildman–Crippen LogP) is 2.13. The van der Waals surface area contributed by atoms with Gasteiger partial charge >= 0.3 is 0 Å². The first-order chi connectivity index (χ1) is 7.87. The van der Waals surface area contributed by atoms with Crippen LogP contribution in [0.2, 0.25) is 0 Å². The van der Waals surface area contributed by atoms with Gasteiger partial charge in [0.2, 0.25) is 10.0 Å². The molecule has 17 heavy (non-hydrogen) atoms. The van der Waals surface area contributed by atoms with E-state index in [-0.39, 0.29) is 11.2 Å². The molecule has 1 aliphatic rings. The Balaban J connectivity index is 2.45. The molecule has 1 aromatic rings. The maximum atomic E-state index is 12.0. The quantitative estimate of drug-likeness (QED) is 0.809. The molecule has 94 valence electrons. The number of rotatable bonds is 2. The van der Waals surface area contributed by atoms with E-state index >= 15 is 0 Å². The zero-order valence-corrected chi connectivity index (χ0v) is 11.4. The van der Waals surface area contributed by atoms with E-state index in [1.807, 2.05) is 18.2 Å². The second kappa shape index (κ2) is 4.10. The van der Waals surface area contributed by atoms with Gasteiger partial charge in [0.1, 0.15) is 0 Å². The van der Waals surface area contributed by atoms with Crippen molar-refractivity contribution in [3.8, 4) is 0 Å². The molecule has 0 aromatic heterocycles. The van der Waals surface area contributed by atoms with Gasteiger partial charge in [-0.25, -0.2) is 8.42 Å². The molecule has 0 bridgehead atoms. The van der Waals surface area contributed by atoms with Crippen molar-refractivity contribution < 1.29 is 8.42 Å². The smallest absolute Gasteiger partial charge is 0.212 e. The lowest BCUT2D eigenvalue weighted by atomic mass is 9.79. The van der Waals surface area contributed by atoms with Crippen molar-refractivity contribution in [3.63, 3.8) is 0 Å². The summed E-state index contributed by atoms with van der Waals surface area (Å²) < 4.78 is 25.6. The van der Waals surface area contributed by atoms with Crippen LogP contribution in [0.15, 0.2) is 24.3 Å². The summed E-state index contributed by atoms with van der Waals surface area (Å²) in [6, 6.07) is 8.11. The number of benzene rings is 1. The number of hydrogen-bond acceptors (Lipinski definition) is 2. The van der Waals surface area contributed by atoms with Gasteiger partial charge in [-0.15, -0.1) is 0 Å². The van der Waals surface area contributed by atoms with Gasteiger partial charge in [-0.1, -0.05) is 38.1 Å². The molecule has 0 atom stereocenters. The molecule has 1 aromatic carbocycles. The average Bonchev–Trinajstić information content (AvgIpc) is 2.28. The Morgan fingerprint density at radius 1 is 1.29 bits per heavy atom. The van der Waals surface area contributed by atoms with Gasteiger partial charge in [0.15, 0.2) is 0 Å². The molecular formula is C13H19NO2S. The Morgan fingerprint density at radius 2 is 1.94 bits per heavy atom. The molecule has 0 unspecified atom stereocenters. The summed E-state index contributed by atoms with van der Waals surface area (Å²) in [5.41, 5.74) is 2.28. The first-order valence-electron chi connectivity index (χ1n) is 5.93. The van der Waals surface area contributed by atoms with Crippen LogP contribution >= 0.6 is 0 Å². The molecule has 0 saturated heterocycles. The number of fused-ring (bicyclic) bond motifs is 1. The van der Waals surface area contributed by atoms with Gasteiger partial charge < -0.3 is 0 Å². The molecule has 0 spiro atoms. The second-order valence-corrected chi connectivity index (χ2v) is 7.47. The van der Waals surface area contributed by atoms with Crippen molar-refractivity contribution in [1.82, 2.24) is 4.31 Å². The maximum Gasteiger partial charge on any atom is 0.214 e. The Labute approximate surface area is 104 Å². The lowest BCUT2D eigenvalue weighted by Gasteiger charge is -2.39. The van der Waals surface area contributed by atoms with E-state index in [1.165, 1.54) is 5.56 Å². The van der Waals surface area contributed by atoms with E-state index in [1.54, 1.807) is 11.2 Å². The highest BCUT2D eigenvalue weighted by Gasteiger charge is 2.35. The first kappa shape index (κ1) is 12.6. The third-order valence-corrected chi connectivity index (χ3v) is 5.20. The largest absolute Gasteiger partial charge is 0.214 e. The van der Waals surface area contributed by atoms with Crippen molar-refractivity contribution in [2.45, 2.75) is 32.7 Å². The number of nitrogens with zero attached hydrogens (tertiary/aromatic N) is 1. The van der Waals surface area contributed by atoms with Crippen molar-refractivity contribution >= 4 is 10.0 Å². The lowest BCUT2D eigenvalue weighted by molar-refractivity contribution is 0.300. The minimum atomic E-state index is -3.10. The van der Waals surface area contributed by atoms with Crippen LogP contribution in [0.4, 0.5) is 0 Å². The Bertz CT molecular complexity index is 520. The van der Waals surface area contributed by atoms with E-state index < -0.39 is 10.0 Å². The number of sulfonamides is 1. The molecule has 0 amide bonds. The summed E-state index contributed by atoms with van der Waals surface area (Å²) in [7, 11) is -3.10. The normalized spacial score (nSPS) is 19.9. The van der Waals surface area contributed by atoms with E-state index in [0.29, 0.717) is 13.1 Å². The fourth-order valence-corrected chi connectivity index (χ4v) is 3.69. The third kappa shape index (κ3) is 2.24. The molecule has 0 N–H and O–H groups in total. The van der Waals surface area contributed by atoms with E-state index in [9.17, 15) is 8.42 Å². The summed E-state index contributed by atoms with van der Waals surface area (Å²) in [5.74, 6) is 0.172. The standard InChI is InChI=1S/C13H19NO2S/c1-4-17(15,16)14-9-11-7-5-6-8-12(11)13(2,3)10-14/h5-8H,4,9-10H2,1-3H3.